The summed E-state index contributed by atoms with van der Waals surface area (Å²) in [5.41, 5.74) is 5.98. The highest BCUT2D eigenvalue weighted by molar-refractivity contribution is 5.94. The molecule has 0 saturated heterocycles. The van der Waals surface area contributed by atoms with Crippen molar-refractivity contribution >= 4 is 12.1 Å². The molecule has 1 amide bonds. The summed E-state index contributed by atoms with van der Waals surface area (Å²) in [6.07, 6.45) is 1.48. The lowest BCUT2D eigenvalue weighted by atomic mass is 10.1. The van der Waals surface area contributed by atoms with Gasteiger partial charge in [-0.2, -0.15) is 10.2 Å². The molecule has 0 atom stereocenters. The third kappa shape index (κ3) is 5.82. The molecule has 36 heavy (non-hydrogen) atoms. The van der Waals surface area contributed by atoms with Crippen molar-refractivity contribution < 1.29 is 23.7 Å². The Kier molecular flexibility index (Phi) is 7.82. The van der Waals surface area contributed by atoms with Gasteiger partial charge in [0.25, 0.3) is 5.91 Å². The molecule has 184 valence electrons. The molecule has 9 nitrogen and oxygen atoms in total. The topological polar surface area (TPSA) is 107 Å². The molecule has 0 aliphatic carbocycles. The number of aromatic nitrogens is 2. The molecule has 9 heteroatoms. The number of hydrogen-bond donors (Lipinski definition) is 2. The molecule has 0 aliphatic rings. The Hall–Kier alpha value is -4.79. The lowest BCUT2D eigenvalue weighted by Crippen LogP contribution is -2.18. The number of amides is 1. The van der Waals surface area contributed by atoms with Gasteiger partial charge in [-0.3, -0.25) is 9.89 Å². The Morgan fingerprint density at radius 3 is 2.28 bits per heavy atom. The summed E-state index contributed by atoms with van der Waals surface area (Å²) in [5, 5.41) is 11.0. The number of nitrogens with one attached hydrogen (secondary N) is 2. The minimum absolute atomic E-state index is 0.274. The molecular weight excluding hydrogens is 460 g/mol. The minimum atomic E-state index is -0.430. The summed E-state index contributed by atoms with van der Waals surface area (Å²) in [5.74, 6) is 1.76. The zero-order valence-corrected chi connectivity index (χ0v) is 20.1. The minimum Gasteiger partial charge on any atom is -0.493 e. The molecule has 2 N–H and O–H groups in total. The zero-order valence-electron chi connectivity index (χ0n) is 20.1. The van der Waals surface area contributed by atoms with Crippen LogP contribution in [-0.2, 0) is 6.61 Å². The van der Waals surface area contributed by atoms with E-state index in [1.165, 1.54) is 27.5 Å². The Bertz CT molecular complexity index is 1310. The predicted molar refractivity (Wildman–Crippen MR) is 136 cm³/mol. The molecule has 0 saturated carbocycles. The number of nitrogens with zero attached hydrogens (tertiary/aromatic N) is 2. The van der Waals surface area contributed by atoms with E-state index < -0.39 is 5.91 Å². The lowest BCUT2D eigenvalue weighted by molar-refractivity contribution is 0.0950. The van der Waals surface area contributed by atoms with Gasteiger partial charge in [-0.1, -0.05) is 30.3 Å². The highest BCUT2D eigenvalue weighted by Crippen LogP contribution is 2.37. The van der Waals surface area contributed by atoms with Crippen LogP contribution in [0.4, 0.5) is 0 Å². The number of rotatable bonds is 10. The summed E-state index contributed by atoms with van der Waals surface area (Å²) < 4.78 is 21.8. The molecule has 1 heterocycles. The van der Waals surface area contributed by atoms with Crippen molar-refractivity contribution in [2.45, 2.75) is 6.61 Å². The molecule has 0 bridgehead atoms. The Morgan fingerprint density at radius 2 is 1.64 bits per heavy atom. The van der Waals surface area contributed by atoms with E-state index in [0.29, 0.717) is 35.1 Å². The first-order valence-corrected chi connectivity index (χ1v) is 11.1. The van der Waals surface area contributed by atoms with Crippen molar-refractivity contribution in [1.82, 2.24) is 15.6 Å². The summed E-state index contributed by atoms with van der Waals surface area (Å²) in [6.45, 7) is 0.490. The Labute approximate surface area is 208 Å². The lowest BCUT2D eigenvalue weighted by Gasteiger charge is -2.12. The number of carbonyl (C=O) groups is 1. The summed E-state index contributed by atoms with van der Waals surface area (Å²) >= 11 is 0. The second-order valence-electron chi connectivity index (χ2n) is 7.62. The first-order valence-electron chi connectivity index (χ1n) is 11.1. The van der Waals surface area contributed by atoms with E-state index in [4.69, 9.17) is 18.9 Å². The summed E-state index contributed by atoms with van der Waals surface area (Å²) in [4.78, 5) is 12.5. The highest BCUT2D eigenvalue weighted by Gasteiger charge is 2.13. The molecule has 0 unspecified atom stereocenters. The number of aromatic amines is 1. The van der Waals surface area contributed by atoms with Crippen LogP contribution in [0.2, 0.25) is 0 Å². The van der Waals surface area contributed by atoms with Gasteiger partial charge in [0.2, 0.25) is 5.75 Å². The molecule has 0 spiro atoms. The average molecular weight is 487 g/mol. The van der Waals surface area contributed by atoms with E-state index in [-0.39, 0.29) is 5.69 Å². The molecular formula is C27H26N4O5. The summed E-state index contributed by atoms with van der Waals surface area (Å²) in [7, 11) is 4.59. The quantitative estimate of drug-likeness (QED) is 0.253. The van der Waals surface area contributed by atoms with Gasteiger partial charge in [0.05, 0.1) is 33.2 Å². The van der Waals surface area contributed by atoms with Gasteiger partial charge >= 0.3 is 0 Å². The fraction of sp³-hybridized carbons (Fsp3) is 0.148. The normalized spacial score (nSPS) is 10.8. The van der Waals surface area contributed by atoms with Gasteiger partial charge in [0.15, 0.2) is 11.5 Å². The van der Waals surface area contributed by atoms with Crippen LogP contribution in [0, 0.1) is 0 Å². The van der Waals surface area contributed by atoms with E-state index >= 15 is 0 Å². The number of ether oxygens (including phenoxy) is 4. The van der Waals surface area contributed by atoms with E-state index in [2.05, 4.69) is 20.7 Å². The van der Waals surface area contributed by atoms with Gasteiger partial charge < -0.3 is 18.9 Å². The van der Waals surface area contributed by atoms with Gasteiger partial charge in [0, 0.05) is 11.1 Å². The molecule has 1 aromatic heterocycles. The second-order valence-corrected chi connectivity index (χ2v) is 7.62. The molecule has 0 radical (unpaired) electrons. The van der Waals surface area contributed by atoms with Gasteiger partial charge in [-0.15, -0.1) is 0 Å². The van der Waals surface area contributed by atoms with Crippen LogP contribution in [0.3, 0.4) is 0 Å². The molecule has 0 fully saturated rings. The van der Waals surface area contributed by atoms with E-state index in [0.717, 1.165) is 16.9 Å². The van der Waals surface area contributed by atoms with Crippen molar-refractivity contribution in [2.75, 3.05) is 21.3 Å². The molecule has 4 rings (SSSR count). The van der Waals surface area contributed by atoms with Crippen molar-refractivity contribution in [3.63, 3.8) is 0 Å². The first-order chi connectivity index (χ1) is 17.6. The Morgan fingerprint density at radius 1 is 0.944 bits per heavy atom. The van der Waals surface area contributed by atoms with Crippen LogP contribution >= 0.6 is 0 Å². The molecule has 4 aromatic rings. The van der Waals surface area contributed by atoms with Crippen LogP contribution in [0.5, 0.6) is 23.0 Å². The van der Waals surface area contributed by atoms with Crippen LogP contribution in [0.15, 0.2) is 77.9 Å². The van der Waals surface area contributed by atoms with Gasteiger partial charge in [-0.25, -0.2) is 5.43 Å². The number of hydrazone groups is 1. The zero-order chi connectivity index (χ0) is 25.3. The number of H-pyrrole nitrogens is 1. The Balaban J connectivity index is 1.37. The largest absolute Gasteiger partial charge is 0.493 e. The molecule has 0 aliphatic heterocycles. The predicted octanol–water partition coefficient (Wildman–Crippen LogP) is 4.45. The fourth-order valence-electron chi connectivity index (χ4n) is 3.45. The maximum atomic E-state index is 12.5. The van der Waals surface area contributed by atoms with Crippen molar-refractivity contribution in [3.8, 4) is 34.3 Å². The highest BCUT2D eigenvalue weighted by atomic mass is 16.5. The van der Waals surface area contributed by atoms with E-state index in [9.17, 15) is 4.79 Å². The van der Waals surface area contributed by atoms with Gasteiger partial charge in [0.1, 0.15) is 18.1 Å². The first kappa shape index (κ1) is 24.3. The second kappa shape index (κ2) is 11.6. The van der Waals surface area contributed by atoms with Crippen molar-refractivity contribution in [2.24, 2.45) is 5.10 Å². The van der Waals surface area contributed by atoms with Crippen LogP contribution < -0.4 is 24.4 Å². The van der Waals surface area contributed by atoms with E-state index in [1.54, 1.807) is 18.2 Å². The SMILES string of the molecule is COc1cc(/C=N/NC(=O)c2cc(-c3ccc(OCc4ccccc4)cc3)n[nH]2)cc(OC)c1OC. The maximum Gasteiger partial charge on any atom is 0.289 e. The number of methoxy groups -OCH3 is 3. The number of benzene rings is 3. The third-order valence-corrected chi connectivity index (χ3v) is 5.29. The third-order valence-electron chi connectivity index (χ3n) is 5.29. The standard InChI is InChI=1S/C27H26N4O5/c1-33-24-13-19(14-25(34-2)26(24)35-3)16-28-31-27(32)23-15-22(29-30-23)20-9-11-21(12-10-20)36-17-18-7-5-4-6-8-18/h4-16H,17H2,1-3H3,(H,29,30)(H,31,32)/b28-16+. The van der Waals surface area contributed by atoms with Crippen LogP contribution in [-0.4, -0.2) is 43.6 Å². The van der Waals surface area contributed by atoms with Crippen LogP contribution in [0.1, 0.15) is 21.6 Å². The van der Waals surface area contributed by atoms with E-state index in [1.807, 2.05) is 54.6 Å². The maximum absolute atomic E-state index is 12.5. The fourth-order valence-corrected chi connectivity index (χ4v) is 3.45. The van der Waals surface area contributed by atoms with Crippen molar-refractivity contribution in [1.29, 1.82) is 0 Å². The molecule has 3 aromatic carbocycles. The number of carbonyl (C=O) groups excluding carboxylic acids is 1. The van der Waals surface area contributed by atoms with Crippen LogP contribution in [0.25, 0.3) is 11.3 Å². The van der Waals surface area contributed by atoms with Crippen molar-refractivity contribution in [3.05, 3.63) is 89.6 Å². The monoisotopic (exact) mass is 486 g/mol. The average Bonchev–Trinajstić information content (AvgIpc) is 3.42. The number of hydrogen-bond acceptors (Lipinski definition) is 7. The smallest absolute Gasteiger partial charge is 0.289 e. The van der Waals surface area contributed by atoms with Gasteiger partial charge in [-0.05, 0) is 48.0 Å². The summed E-state index contributed by atoms with van der Waals surface area (Å²) in [6, 6.07) is 22.6.